The minimum atomic E-state index is -0.613. The summed E-state index contributed by atoms with van der Waals surface area (Å²) in [5, 5.41) is 0. The van der Waals surface area contributed by atoms with Gasteiger partial charge in [0.05, 0.1) is 5.69 Å². The van der Waals surface area contributed by atoms with Gasteiger partial charge in [-0.25, -0.2) is 8.78 Å². The molecule has 0 spiro atoms. The Morgan fingerprint density at radius 1 is 1.17 bits per heavy atom. The Bertz CT molecular complexity index is 555. The van der Waals surface area contributed by atoms with Crippen molar-refractivity contribution in [1.82, 2.24) is 4.98 Å². The van der Waals surface area contributed by atoms with Crippen LogP contribution in [0.5, 0.6) is 5.75 Å². The highest BCUT2D eigenvalue weighted by molar-refractivity contribution is 9.10. The predicted molar refractivity (Wildman–Crippen MR) is 67.4 cm³/mol. The van der Waals surface area contributed by atoms with Crippen LogP contribution in [0.25, 0.3) is 0 Å². The molecule has 2 nitrogen and oxygen atoms in total. The van der Waals surface area contributed by atoms with E-state index in [0.29, 0.717) is 11.3 Å². The van der Waals surface area contributed by atoms with Crippen molar-refractivity contribution in [3.05, 3.63) is 57.8 Å². The fraction of sp³-hybridized carbons (Fsp3) is 0.154. The molecule has 94 valence electrons. The van der Waals surface area contributed by atoms with Crippen LogP contribution >= 0.6 is 15.9 Å². The van der Waals surface area contributed by atoms with Gasteiger partial charge in [0.1, 0.15) is 24.0 Å². The molecule has 2 aromatic rings. The summed E-state index contributed by atoms with van der Waals surface area (Å²) in [6.45, 7) is 1.89. The first-order chi connectivity index (χ1) is 8.54. The van der Waals surface area contributed by atoms with Crippen molar-refractivity contribution >= 4 is 15.9 Å². The summed E-state index contributed by atoms with van der Waals surface area (Å²) in [7, 11) is 0. The number of nitrogens with zero attached hydrogens (tertiary/aromatic N) is 1. The third kappa shape index (κ3) is 3.26. The molecular weight excluding hydrogens is 304 g/mol. The van der Waals surface area contributed by atoms with Crippen LogP contribution in [0.1, 0.15) is 11.3 Å². The van der Waals surface area contributed by atoms with Crippen molar-refractivity contribution in [2.75, 3.05) is 0 Å². The fourth-order valence-electron chi connectivity index (χ4n) is 1.49. The molecular formula is C13H10BrF2NO. The molecule has 0 fully saturated rings. The number of pyridine rings is 1. The minimum Gasteiger partial charge on any atom is -0.487 e. The highest BCUT2D eigenvalue weighted by atomic mass is 79.9. The summed E-state index contributed by atoms with van der Waals surface area (Å²) >= 11 is 3.28. The summed E-state index contributed by atoms with van der Waals surface area (Å²) in [6.07, 6.45) is 1.66. The zero-order valence-corrected chi connectivity index (χ0v) is 11.2. The molecule has 0 saturated heterocycles. The summed E-state index contributed by atoms with van der Waals surface area (Å²) in [6, 6.07) is 5.07. The van der Waals surface area contributed by atoms with E-state index in [1.165, 1.54) is 12.1 Å². The number of rotatable bonds is 3. The molecule has 18 heavy (non-hydrogen) atoms. The first kappa shape index (κ1) is 13.0. The number of ether oxygens (including phenoxy) is 1. The molecule has 0 N–H and O–H groups in total. The fourth-order valence-corrected chi connectivity index (χ4v) is 1.80. The second-order valence-corrected chi connectivity index (χ2v) is 4.72. The highest BCUT2D eigenvalue weighted by Gasteiger charge is 2.05. The molecule has 0 amide bonds. The average Bonchev–Trinajstić information content (AvgIpc) is 2.29. The van der Waals surface area contributed by atoms with E-state index >= 15 is 0 Å². The van der Waals surface area contributed by atoms with Crippen LogP contribution in [-0.2, 0) is 6.61 Å². The first-order valence-electron chi connectivity index (χ1n) is 5.24. The molecule has 5 heteroatoms. The lowest BCUT2D eigenvalue weighted by Gasteiger charge is -2.09. The molecule has 0 unspecified atom stereocenters. The number of benzene rings is 1. The summed E-state index contributed by atoms with van der Waals surface area (Å²) in [5.74, 6) is -0.649. The predicted octanol–water partition coefficient (Wildman–Crippen LogP) is 4.01. The largest absolute Gasteiger partial charge is 0.487 e. The molecule has 1 aromatic heterocycles. The maximum absolute atomic E-state index is 13.0. The normalized spacial score (nSPS) is 10.4. The van der Waals surface area contributed by atoms with E-state index in [1.54, 1.807) is 19.2 Å². The van der Waals surface area contributed by atoms with E-state index in [4.69, 9.17) is 4.74 Å². The quantitative estimate of drug-likeness (QED) is 0.854. The van der Waals surface area contributed by atoms with Crippen molar-refractivity contribution < 1.29 is 13.5 Å². The van der Waals surface area contributed by atoms with Gasteiger partial charge in [-0.3, -0.25) is 4.98 Å². The van der Waals surface area contributed by atoms with Crippen molar-refractivity contribution in [3.63, 3.8) is 0 Å². The monoisotopic (exact) mass is 313 g/mol. The summed E-state index contributed by atoms with van der Waals surface area (Å²) in [5.41, 5.74) is 1.15. The van der Waals surface area contributed by atoms with Gasteiger partial charge in [-0.2, -0.15) is 0 Å². The number of halogens is 3. The lowest BCUT2D eigenvalue weighted by molar-refractivity contribution is 0.301. The molecule has 1 heterocycles. The van der Waals surface area contributed by atoms with E-state index in [0.717, 1.165) is 16.2 Å². The number of aryl methyl sites for hydroxylation is 1. The average molecular weight is 314 g/mol. The van der Waals surface area contributed by atoms with Gasteiger partial charge < -0.3 is 4.74 Å². The number of aromatic nitrogens is 1. The van der Waals surface area contributed by atoms with Crippen molar-refractivity contribution in [2.45, 2.75) is 13.5 Å². The Hall–Kier alpha value is -1.49. The molecule has 2 rings (SSSR count). The summed E-state index contributed by atoms with van der Waals surface area (Å²) < 4.78 is 32.2. The van der Waals surface area contributed by atoms with Crippen LogP contribution in [0.2, 0.25) is 0 Å². The van der Waals surface area contributed by atoms with Gasteiger partial charge in [-0.05, 0) is 46.6 Å². The van der Waals surface area contributed by atoms with Gasteiger partial charge in [0, 0.05) is 16.7 Å². The number of hydrogen-bond acceptors (Lipinski definition) is 2. The van der Waals surface area contributed by atoms with Gasteiger partial charge in [-0.1, -0.05) is 0 Å². The van der Waals surface area contributed by atoms with E-state index in [9.17, 15) is 8.78 Å². The van der Waals surface area contributed by atoms with Crippen LogP contribution in [0.4, 0.5) is 8.78 Å². The minimum absolute atomic E-state index is 0.0909. The van der Waals surface area contributed by atoms with Gasteiger partial charge in [0.25, 0.3) is 0 Å². The molecule has 0 aliphatic rings. The van der Waals surface area contributed by atoms with Crippen LogP contribution in [-0.4, -0.2) is 4.98 Å². The SMILES string of the molecule is Cc1ncc(Br)cc1OCc1cc(F)cc(F)c1. The third-order valence-corrected chi connectivity index (χ3v) is 2.76. The van der Waals surface area contributed by atoms with E-state index in [1.807, 2.05) is 0 Å². The highest BCUT2D eigenvalue weighted by Crippen LogP contribution is 2.21. The lowest BCUT2D eigenvalue weighted by Crippen LogP contribution is -1.99. The van der Waals surface area contributed by atoms with Crippen molar-refractivity contribution in [2.24, 2.45) is 0 Å². The van der Waals surface area contributed by atoms with E-state index < -0.39 is 11.6 Å². The zero-order valence-electron chi connectivity index (χ0n) is 9.58. The molecule has 0 bridgehead atoms. The molecule has 1 aromatic carbocycles. The maximum atomic E-state index is 13.0. The molecule has 0 radical (unpaired) electrons. The van der Waals surface area contributed by atoms with Gasteiger partial charge in [0.2, 0.25) is 0 Å². The smallest absolute Gasteiger partial charge is 0.142 e. The number of hydrogen-bond donors (Lipinski definition) is 0. The Morgan fingerprint density at radius 2 is 1.83 bits per heavy atom. The van der Waals surface area contributed by atoms with Crippen LogP contribution < -0.4 is 4.74 Å². The Kier molecular flexibility index (Phi) is 3.91. The maximum Gasteiger partial charge on any atom is 0.142 e. The second-order valence-electron chi connectivity index (χ2n) is 3.80. The van der Waals surface area contributed by atoms with Crippen LogP contribution in [0.3, 0.4) is 0 Å². The molecule has 0 aliphatic heterocycles. The molecule has 0 atom stereocenters. The Balaban J connectivity index is 2.13. The Morgan fingerprint density at radius 3 is 2.50 bits per heavy atom. The van der Waals surface area contributed by atoms with Gasteiger partial charge in [0.15, 0.2) is 0 Å². The molecule has 0 aliphatic carbocycles. The standard InChI is InChI=1S/C13H10BrF2NO/c1-8-13(4-10(14)6-17-8)18-7-9-2-11(15)5-12(16)3-9/h2-6H,7H2,1H3. The van der Waals surface area contributed by atoms with Crippen LogP contribution in [0, 0.1) is 18.6 Å². The third-order valence-electron chi connectivity index (χ3n) is 2.32. The topological polar surface area (TPSA) is 22.1 Å². The summed E-state index contributed by atoms with van der Waals surface area (Å²) in [4.78, 5) is 4.11. The van der Waals surface area contributed by atoms with Crippen molar-refractivity contribution in [3.8, 4) is 5.75 Å². The van der Waals surface area contributed by atoms with Gasteiger partial charge in [-0.15, -0.1) is 0 Å². The van der Waals surface area contributed by atoms with E-state index in [2.05, 4.69) is 20.9 Å². The first-order valence-corrected chi connectivity index (χ1v) is 6.04. The Labute approximate surface area is 112 Å². The van der Waals surface area contributed by atoms with Gasteiger partial charge >= 0.3 is 0 Å². The van der Waals surface area contributed by atoms with Crippen molar-refractivity contribution in [1.29, 1.82) is 0 Å². The van der Waals surface area contributed by atoms with E-state index in [-0.39, 0.29) is 6.61 Å². The lowest BCUT2D eigenvalue weighted by atomic mass is 10.2. The zero-order chi connectivity index (χ0) is 13.1. The van der Waals surface area contributed by atoms with Crippen LogP contribution in [0.15, 0.2) is 34.9 Å². The molecule has 0 saturated carbocycles. The second kappa shape index (κ2) is 5.44.